The number of hydrogen-bond donors (Lipinski definition) is 0. The first-order valence-corrected chi connectivity index (χ1v) is 9.17. The summed E-state index contributed by atoms with van der Waals surface area (Å²) in [6, 6.07) is 13.8. The van der Waals surface area contributed by atoms with Gasteiger partial charge in [-0.15, -0.1) is 0 Å². The second-order valence-corrected chi connectivity index (χ2v) is 6.92. The number of methoxy groups -OCH3 is 1. The molecule has 0 saturated carbocycles. The van der Waals surface area contributed by atoms with Crippen molar-refractivity contribution in [3.05, 3.63) is 75.9 Å². The van der Waals surface area contributed by atoms with Crippen LogP contribution in [0.25, 0.3) is 0 Å². The van der Waals surface area contributed by atoms with Crippen LogP contribution in [-0.4, -0.2) is 25.0 Å². The lowest BCUT2D eigenvalue weighted by Gasteiger charge is -2.21. The molecule has 0 radical (unpaired) electrons. The van der Waals surface area contributed by atoms with E-state index in [1.807, 2.05) is 25.1 Å². The van der Waals surface area contributed by atoms with Crippen molar-refractivity contribution in [3.63, 3.8) is 0 Å². The summed E-state index contributed by atoms with van der Waals surface area (Å²) in [5.41, 5.74) is 1.93. The van der Waals surface area contributed by atoms with Crippen LogP contribution in [0.1, 0.15) is 15.9 Å². The molecule has 1 aromatic heterocycles. The number of amides is 1. The van der Waals surface area contributed by atoms with Gasteiger partial charge >= 0.3 is 0 Å². The molecule has 2 aromatic carbocycles. The normalized spacial score (nSPS) is 10.5. The third-order valence-electron chi connectivity index (χ3n) is 4.10. The predicted octanol–water partition coefficient (Wildman–Crippen LogP) is 5.77. The minimum absolute atomic E-state index is 0.134. The first-order chi connectivity index (χ1) is 13.4. The fourth-order valence-corrected chi connectivity index (χ4v) is 2.96. The molecule has 0 spiro atoms. The van der Waals surface area contributed by atoms with Gasteiger partial charge in [-0.1, -0.05) is 29.3 Å². The van der Waals surface area contributed by atoms with E-state index in [4.69, 9.17) is 32.7 Å². The molecule has 1 amide bonds. The van der Waals surface area contributed by atoms with Crippen LogP contribution in [0.3, 0.4) is 0 Å². The number of ether oxygens (including phenoxy) is 2. The van der Waals surface area contributed by atoms with E-state index in [2.05, 4.69) is 4.98 Å². The maximum Gasteiger partial charge on any atom is 0.263 e. The second kappa shape index (κ2) is 8.50. The van der Waals surface area contributed by atoms with E-state index in [-0.39, 0.29) is 17.4 Å². The number of aryl methyl sites for hydroxylation is 1. The summed E-state index contributed by atoms with van der Waals surface area (Å²) in [5, 5.41) is 0.826. The highest BCUT2D eigenvalue weighted by Crippen LogP contribution is 2.34. The summed E-state index contributed by atoms with van der Waals surface area (Å²) in [4.78, 5) is 18.9. The van der Waals surface area contributed by atoms with Gasteiger partial charge in [0.25, 0.3) is 5.91 Å². The smallest absolute Gasteiger partial charge is 0.263 e. The molecule has 0 atom stereocenters. The lowest BCUT2D eigenvalue weighted by atomic mass is 10.1. The molecule has 0 bridgehead atoms. The molecule has 7 heteroatoms. The highest BCUT2D eigenvalue weighted by molar-refractivity contribution is 6.34. The highest BCUT2D eigenvalue weighted by Gasteiger charge is 2.22. The molecule has 0 N–H and O–H groups in total. The number of benzene rings is 2. The Bertz CT molecular complexity index is 1020. The fourth-order valence-electron chi connectivity index (χ4n) is 2.65. The number of carbonyl (C=O) groups excluding carboxylic acids is 1. The summed E-state index contributed by atoms with van der Waals surface area (Å²) in [6.07, 6.45) is 1.54. The number of rotatable bonds is 5. The molecular formula is C21H18Cl2N2O3. The number of halogens is 2. The Labute approximate surface area is 173 Å². The molecule has 28 heavy (non-hydrogen) atoms. The Kier molecular flexibility index (Phi) is 6.07. The van der Waals surface area contributed by atoms with E-state index in [1.54, 1.807) is 44.5 Å². The first-order valence-electron chi connectivity index (χ1n) is 8.41. The number of carbonyl (C=O) groups is 1. The summed E-state index contributed by atoms with van der Waals surface area (Å²) in [7, 11) is 3.23. The lowest BCUT2D eigenvalue weighted by molar-refractivity contribution is 0.0989. The molecule has 0 unspecified atom stereocenters. The Balaban J connectivity index is 1.97. The van der Waals surface area contributed by atoms with Crippen molar-refractivity contribution in [2.75, 3.05) is 19.1 Å². The standard InChI is InChI=1S/C21H18Cl2N2O3/c1-13-6-9-18(27-3)17(11-13)25(2)21(26)15-5-4-10-24-20(15)28-19-12-14(22)7-8-16(19)23/h4-12H,1-3H3. The first kappa shape index (κ1) is 20.0. The van der Waals surface area contributed by atoms with Crippen molar-refractivity contribution >= 4 is 34.8 Å². The van der Waals surface area contributed by atoms with Crippen LogP contribution in [0.4, 0.5) is 5.69 Å². The molecule has 5 nitrogen and oxygen atoms in total. The van der Waals surface area contributed by atoms with Crippen LogP contribution in [0.5, 0.6) is 17.4 Å². The third kappa shape index (κ3) is 4.21. The Hall–Kier alpha value is -2.76. The number of pyridine rings is 1. The molecule has 1 heterocycles. The van der Waals surface area contributed by atoms with E-state index in [9.17, 15) is 4.79 Å². The monoisotopic (exact) mass is 416 g/mol. The Morgan fingerprint density at radius 1 is 1.07 bits per heavy atom. The summed E-state index contributed by atoms with van der Waals surface area (Å²) in [6.45, 7) is 1.95. The van der Waals surface area contributed by atoms with Crippen LogP contribution in [-0.2, 0) is 0 Å². The molecule has 0 saturated heterocycles. The summed E-state index contributed by atoms with van der Waals surface area (Å²) in [5.74, 6) is 0.740. The fraction of sp³-hybridized carbons (Fsp3) is 0.143. The molecule has 0 aliphatic rings. The van der Waals surface area contributed by atoms with E-state index in [1.165, 1.54) is 11.1 Å². The van der Waals surface area contributed by atoms with Gasteiger partial charge in [0, 0.05) is 24.3 Å². The van der Waals surface area contributed by atoms with Gasteiger partial charge in [-0.2, -0.15) is 0 Å². The zero-order valence-corrected chi connectivity index (χ0v) is 17.1. The van der Waals surface area contributed by atoms with Crippen molar-refractivity contribution in [3.8, 4) is 17.4 Å². The van der Waals surface area contributed by atoms with E-state index in [0.717, 1.165) is 5.56 Å². The van der Waals surface area contributed by atoms with E-state index in [0.29, 0.717) is 27.2 Å². The number of hydrogen-bond acceptors (Lipinski definition) is 4. The van der Waals surface area contributed by atoms with Crippen molar-refractivity contribution in [1.82, 2.24) is 4.98 Å². The van der Waals surface area contributed by atoms with Crippen LogP contribution >= 0.6 is 23.2 Å². The largest absolute Gasteiger partial charge is 0.495 e. The van der Waals surface area contributed by atoms with Crippen molar-refractivity contribution in [2.24, 2.45) is 0 Å². The van der Waals surface area contributed by atoms with E-state index >= 15 is 0 Å². The van der Waals surface area contributed by atoms with Gasteiger partial charge in [0.1, 0.15) is 17.1 Å². The van der Waals surface area contributed by atoms with Crippen LogP contribution in [0, 0.1) is 6.92 Å². The van der Waals surface area contributed by atoms with Crippen LogP contribution < -0.4 is 14.4 Å². The number of aromatic nitrogens is 1. The maximum absolute atomic E-state index is 13.2. The van der Waals surface area contributed by atoms with Gasteiger partial charge < -0.3 is 14.4 Å². The second-order valence-electron chi connectivity index (χ2n) is 6.07. The van der Waals surface area contributed by atoms with Gasteiger partial charge in [-0.3, -0.25) is 4.79 Å². The summed E-state index contributed by atoms with van der Waals surface area (Å²) < 4.78 is 11.2. The summed E-state index contributed by atoms with van der Waals surface area (Å²) >= 11 is 12.2. The van der Waals surface area contributed by atoms with Gasteiger partial charge in [-0.05, 0) is 48.9 Å². The topological polar surface area (TPSA) is 51.7 Å². The van der Waals surface area contributed by atoms with Crippen molar-refractivity contribution < 1.29 is 14.3 Å². The van der Waals surface area contributed by atoms with Gasteiger partial charge in [0.15, 0.2) is 0 Å². The van der Waals surface area contributed by atoms with E-state index < -0.39 is 0 Å². The highest BCUT2D eigenvalue weighted by atomic mass is 35.5. The minimum atomic E-state index is -0.301. The zero-order chi connectivity index (χ0) is 20.3. The predicted molar refractivity (Wildman–Crippen MR) is 111 cm³/mol. The Morgan fingerprint density at radius 3 is 2.61 bits per heavy atom. The zero-order valence-electron chi connectivity index (χ0n) is 15.6. The van der Waals surface area contributed by atoms with Crippen LogP contribution in [0.15, 0.2) is 54.7 Å². The quantitative estimate of drug-likeness (QED) is 0.529. The van der Waals surface area contributed by atoms with Crippen LogP contribution in [0.2, 0.25) is 10.0 Å². The molecule has 144 valence electrons. The molecule has 0 fully saturated rings. The molecule has 0 aliphatic heterocycles. The molecule has 0 aliphatic carbocycles. The molecule has 3 aromatic rings. The Morgan fingerprint density at radius 2 is 1.86 bits per heavy atom. The lowest BCUT2D eigenvalue weighted by Crippen LogP contribution is -2.27. The van der Waals surface area contributed by atoms with Crippen molar-refractivity contribution in [1.29, 1.82) is 0 Å². The average molecular weight is 417 g/mol. The van der Waals surface area contributed by atoms with Gasteiger partial charge in [0.05, 0.1) is 17.8 Å². The van der Waals surface area contributed by atoms with Crippen molar-refractivity contribution in [2.45, 2.75) is 6.92 Å². The van der Waals surface area contributed by atoms with Gasteiger partial charge in [0.2, 0.25) is 5.88 Å². The number of anilines is 1. The SMILES string of the molecule is COc1ccc(C)cc1N(C)C(=O)c1cccnc1Oc1cc(Cl)ccc1Cl. The minimum Gasteiger partial charge on any atom is -0.495 e. The number of nitrogens with zero attached hydrogens (tertiary/aromatic N) is 2. The average Bonchev–Trinajstić information content (AvgIpc) is 2.70. The van der Waals surface area contributed by atoms with Gasteiger partial charge in [-0.25, -0.2) is 4.98 Å². The maximum atomic E-state index is 13.2. The third-order valence-corrected chi connectivity index (χ3v) is 4.65. The molecule has 3 rings (SSSR count). The molecular weight excluding hydrogens is 399 g/mol.